The Kier molecular flexibility index (Phi) is 12.5. The van der Waals surface area contributed by atoms with Crippen LogP contribution in [-0.2, 0) is 37.1 Å². The van der Waals surface area contributed by atoms with Crippen LogP contribution in [0.3, 0.4) is 0 Å². The highest BCUT2D eigenvalue weighted by atomic mass is 31.2. The molecule has 1 N–H and O–H groups in total. The highest BCUT2D eigenvalue weighted by Gasteiger charge is 2.48. The minimum Gasteiger partial charge on any atom is -0.462 e. The third-order valence-corrected chi connectivity index (χ3v) is 16.7. The molecular formula is C32H55O9PSi. The number of hydrogen-bond acceptors (Lipinski definition) is 9. The second-order valence-electron chi connectivity index (χ2n) is 13.8. The Hall–Kier alpha value is -1.29. The summed E-state index contributed by atoms with van der Waals surface area (Å²) in [4.78, 5) is 25.8. The zero-order valence-electron chi connectivity index (χ0n) is 27.7. The molecule has 1 saturated heterocycles. The van der Waals surface area contributed by atoms with Crippen LogP contribution >= 0.6 is 7.60 Å². The number of cyclic esters (lactones) is 1. The number of aliphatic hydroxyl groups excluding tert-OH is 1. The Bertz CT molecular complexity index is 1070. The van der Waals surface area contributed by atoms with E-state index in [-0.39, 0.29) is 67.0 Å². The largest absolute Gasteiger partial charge is 0.462 e. The third kappa shape index (κ3) is 8.92. The van der Waals surface area contributed by atoms with E-state index in [4.69, 9.17) is 22.9 Å². The maximum atomic E-state index is 13.8. The first-order valence-electron chi connectivity index (χ1n) is 16.1. The summed E-state index contributed by atoms with van der Waals surface area (Å²) >= 11 is 0. The Morgan fingerprint density at radius 1 is 1.14 bits per heavy atom. The number of hydrogen-bond donors (Lipinski definition) is 1. The molecule has 0 aromatic heterocycles. The van der Waals surface area contributed by atoms with Crippen molar-refractivity contribution < 1.29 is 42.2 Å². The molecule has 0 spiro atoms. The van der Waals surface area contributed by atoms with Crippen molar-refractivity contribution in [2.24, 2.45) is 17.8 Å². The Labute approximate surface area is 259 Å². The van der Waals surface area contributed by atoms with E-state index in [0.29, 0.717) is 19.3 Å². The molecule has 0 saturated carbocycles. The van der Waals surface area contributed by atoms with Crippen LogP contribution in [-0.4, -0.2) is 68.7 Å². The van der Waals surface area contributed by atoms with E-state index in [1.165, 1.54) is 0 Å². The summed E-state index contributed by atoms with van der Waals surface area (Å²) in [5.74, 6) is -0.759. The fourth-order valence-corrected chi connectivity index (χ4v) is 9.54. The Morgan fingerprint density at radius 2 is 1.79 bits per heavy atom. The van der Waals surface area contributed by atoms with Gasteiger partial charge in [-0.3, -0.25) is 14.2 Å². The lowest BCUT2D eigenvalue weighted by atomic mass is 9.66. The van der Waals surface area contributed by atoms with E-state index in [0.717, 1.165) is 12.0 Å². The average molecular weight is 643 g/mol. The molecule has 43 heavy (non-hydrogen) atoms. The van der Waals surface area contributed by atoms with Crippen molar-refractivity contribution in [2.75, 3.05) is 13.2 Å². The fourth-order valence-electron chi connectivity index (χ4n) is 6.35. The summed E-state index contributed by atoms with van der Waals surface area (Å²) in [5.41, 5.74) is 0.0436. The van der Waals surface area contributed by atoms with E-state index < -0.39 is 39.7 Å². The minimum atomic E-state index is -3.73. The van der Waals surface area contributed by atoms with Gasteiger partial charge in [0.15, 0.2) is 14.0 Å². The number of aliphatic hydroxyl groups is 1. The lowest BCUT2D eigenvalue weighted by molar-refractivity contribution is -0.161. The minimum absolute atomic E-state index is 0.00487. The normalized spacial score (nSPS) is 30.7. The molecule has 2 aliphatic carbocycles. The Balaban J connectivity index is 1.94. The van der Waals surface area contributed by atoms with Crippen LogP contribution in [0.25, 0.3) is 0 Å². The van der Waals surface area contributed by atoms with Crippen LogP contribution in [0, 0.1) is 17.8 Å². The number of allylic oxidation sites excluding steroid dienone is 2. The van der Waals surface area contributed by atoms with Crippen LogP contribution < -0.4 is 0 Å². The van der Waals surface area contributed by atoms with Gasteiger partial charge in [-0.25, -0.2) is 0 Å². The van der Waals surface area contributed by atoms with Crippen molar-refractivity contribution in [2.45, 2.75) is 135 Å². The van der Waals surface area contributed by atoms with Crippen LogP contribution in [0.2, 0.25) is 18.1 Å². The number of ether oxygens (including phenoxy) is 2. The highest BCUT2D eigenvalue weighted by molar-refractivity contribution is 7.55. The molecular weight excluding hydrogens is 587 g/mol. The molecule has 0 bridgehead atoms. The van der Waals surface area contributed by atoms with Gasteiger partial charge in [0, 0.05) is 18.8 Å². The molecule has 0 aromatic carbocycles. The smallest absolute Gasteiger partial charge is 0.344 e. The van der Waals surface area contributed by atoms with Crippen molar-refractivity contribution in [3.05, 3.63) is 23.8 Å². The molecule has 9 nitrogen and oxygen atoms in total. The van der Waals surface area contributed by atoms with Crippen molar-refractivity contribution in [1.29, 1.82) is 0 Å². The maximum absolute atomic E-state index is 13.8. The first kappa shape index (κ1) is 36.2. The summed E-state index contributed by atoms with van der Waals surface area (Å²) in [6.45, 7) is 18.8. The summed E-state index contributed by atoms with van der Waals surface area (Å²) in [7, 11) is -5.88. The van der Waals surface area contributed by atoms with E-state index >= 15 is 0 Å². The standard InChI is InChI=1S/C32H55O9PSi/c1-10-28(42(36,37-11-2)38-12-3)31(35)40-27-20-25(41-43(8,9)32(5,6)7)17-22-14-13-21(4)26(30(22)27)16-15-24-18-23(33)19-29(34)39-24/h13-14,17,21,23-28,30,33H,10-12,15-16,18-20H2,1-9H3/t21-,23+,24+,25-,26-,27-,28-,30-/m0/s1. The van der Waals surface area contributed by atoms with Crippen molar-refractivity contribution in [1.82, 2.24) is 0 Å². The number of esters is 2. The first-order valence-corrected chi connectivity index (χ1v) is 20.6. The van der Waals surface area contributed by atoms with E-state index in [9.17, 15) is 19.3 Å². The molecule has 1 fully saturated rings. The molecule has 3 rings (SSSR count). The molecule has 0 aromatic rings. The van der Waals surface area contributed by atoms with Crippen molar-refractivity contribution in [3.8, 4) is 0 Å². The van der Waals surface area contributed by atoms with Gasteiger partial charge in [-0.05, 0) is 68.7 Å². The van der Waals surface area contributed by atoms with Crippen LogP contribution in [0.5, 0.6) is 0 Å². The van der Waals surface area contributed by atoms with Crippen LogP contribution in [0.4, 0.5) is 0 Å². The van der Waals surface area contributed by atoms with E-state index in [1.54, 1.807) is 20.8 Å². The molecule has 11 heteroatoms. The molecule has 3 aliphatic rings. The lowest BCUT2D eigenvalue weighted by Crippen LogP contribution is -2.48. The molecule has 1 heterocycles. The average Bonchev–Trinajstić information content (AvgIpc) is 2.87. The van der Waals surface area contributed by atoms with Crippen molar-refractivity contribution in [3.63, 3.8) is 0 Å². The van der Waals surface area contributed by atoms with Crippen LogP contribution in [0.1, 0.15) is 87.0 Å². The van der Waals surface area contributed by atoms with Gasteiger partial charge in [0.25, 0.3) is 0 Å². The second kappa shape index (κ2) is 14.9. The van der Waals surface area contributed by atoms with Gasteiger partial charge in [0.05, 0.1) is 31.8 Å². The number of rotatable bonds is 13. The molecule has 0 amide bonds. The van der Waals surface area contributed by atoms with Gasteiger partial charge < -0.3 is 28.1 Å². The van der Waals surface area contributed by atoms with Gasteiger partial charge in [0.1, 0.15) is 12.2 Å². The van der Waals surface area contributed by atoms with Gasteiger partial charge >= 0.3 is 19.5 Å². The maximum Gasteiger partial charge on any atom is 0.344 e. The fraction of sp³-hybridized carbons (Fsp3) is 0.812. The second-order valence-corrected chi connectivity index (χ2v) is 20.8. The number of carbonyl (C=O) groups is 2. The predicted octanol–water partition coefficient (Wildman–Crippen LogP) is 6.95. The SMILES string of the molecule is CCOP(=O)(OCC)[C@@H](CC)C(=O)O[C@H]1C[C@@H](O[Si](C)(C)C(C)(C)C)C=C2C=C[C@H](C)[C@H](CC[C@@H]3C[C@@H](O)CC(=O)O3)[C@H]21. The molecule has 0 radical (unpaired) electrons. The Morgan fingerprint density at radius 3 is 2.35 bits per heavy atom. The summed E-state index contributed by atoms with van der Waals surface area (Å²) < 4.78 is 43.5. The summed E-state index contributed by atoms with van der Waals surface area (Å²) in [5, 5.41) is 10.1. The molecule has 0 unspecified atom stereocenters. The van der Waals surface area contributed by atoms with E-state index in [1.807, 2.05) is 0 Å². The zero-order valence-corrected chi connectivity index (χ0v) is 29.6. The van der Waals surface area contributed by atoms with Gasteiger partial charge in [-0.1, -0.05) is 52.8 Å². The summed E-state index contributed by atoms with van der Waals surface area (Å²) in [6.07, 6.45) is 7.30. The number of fused-ring (bicyclic) bond motifs is 1. The third-order valence-electron chi connectivity index (χ3n) is 9.59. The van der Waals surface area contributed by atoms with Crippen molar-refractivity contribution >= 4 is 27.9 Å². The molecule has 246 valence electrons. The number of carbonyl (C=O) groups excluding carboxylic acids is 2. The molecule has 1 aliphatic heterocycles. The first-order chi connectivity index (χ1) is 20.0. The molecule has 8 atom stereocenters. The van der Waals surface area contributed by atoms with E-state index in [2.05, 4.69) is 59.0 Å². The zero-order chi connectivity index (χ0) is 32.2. The van der Waals surface area contributed by atoms with Crippen LogP contribution in [0.15, 0.2) is 23.8 Å². The highest BCUT2D eigenvalue weighted by Crippen LogP contribution is 2.55. The monoisotopic (exact) mass is 642 g/mol. The topological polar surface area (TPSA) is 118 Å². The van der Waals surface area contributed by atoms with Gasteiger partial charge in [-0.2, -0.15) is 0 Å². The quantitative estimate of drug-likeness (QED) is 0.129. The lowest BCUT2D eigenvalue weighted by Gasteiger charge is -2.46. The van der Waals surface area contributed by atoms with Gasteiger partial charge in [-0.15, -0.1) is 0 Å². The van der Waals surface area contributed by atoms with Gasteiger partial charge in [0.2, 0.25) is 0 Å². The predicted molar refractivity (Wildman–Crippen MR) is 169 cm³/mol. The summed E-state index contributed by atoms with van der Waals surface area (Å²) in [6, 6.07) is 0.